The summed E-state index contributed by atoms with van der Waals surface area (Å²) in [4.78, 5) is 2.42. The first-order valence-electron chi connectivity index (χ1n) is 5.82. The van der Waals surface area contributed by atoms with Crippen molar-refractivity contribution < 1.29 is 0 Å². The molecular formula is C13H19BrClN. The summed E-state index contributed by atoms with van der Waals surface area (Å²) in [5, 5.41) is 0. The van der Waals surface area contributed by atoms with Crippen LogP contribution in [0.25, 0.3) is 0 Å². The molecule has 0 saturated heterocycles. The molecule has 1 nitrogen and oxygen atoms in total. The van der Waals surface area contributed by atoms with Crippen LogP contribution in [-0.2, 0) is 5.88 Å². The van der Waals surface area contributed by atoms with E-state index < -0.39 is 0 Å². The Kier molecular flexibility index (Phi) is 6.22. The highest BCUT2D eigenvalue weighted by molar-refractivity contribution is 9.10. The molecule has 0 aliphatic rings. The summed E-state index contributed by atoms with van der Waals surface area (Å²) in [7, 11) is 0. The van der Waals surface area contributed by atoms with Gasteiger partial charge in [-0.15, -0.1) is 11.6 Å². The smallest absolute Gasteiger partial charge is 0.0510 e. The largest absolute Gasteiger partial charge is 0.371 e. The lowest BCUT2D eigenvalue weighted by atomic mass is 10.2. The highest BCUT2D eigenvalue weighted by Crippen LogP contribution is 2.28. The third kappa shape index (κ3) is 3.67. The van der Waals surface area contributed by atoms with Gasteiger partial charge in [0.1, 0.15) is 0 Å². The van der Waals surface area contributed by atoms with E-state index in [-0.39, 0.29) is 0 Å². The number of hydrogen-bond acceptors (Lipinski definition) is 1. The maximum absolute atomic E-state index is 5.82. The summed E-state index contributed by atoms with van der Waals surface area (Å²) in [6.07, 6.45) is 2.34. The van der Waals surface area contributed by atoms with Crippen molar-refractivity contribution in [2.75, 3.05) is 18.0 Å². The van der Waals surface area contributed by atoms with Crippen molar-refractivity contribution in [3.63, 3.8) is 0 Å². The fourth-order valence-corrected chi connectivity index (χ4v) is 2.63. The van der Waals surface area contributed by atoms with E-state index in [1.165, 1.54) is 18.5 Å². The summed E-state index contributed by atoms with van der Waals surface area (Å²) < 4.78 is 1.15. The van der Waals surface area contributed by atoms with Gasteiger partial charge in [0.2, 0.25) is 0 Å². The van der Waals surface area contributed by atoms with Crippen LogP contribution in [0.4, 0.5) is 5.69 Å². The Morgan fingerprint density at radius 1 is 1.19 bits per heavy atom. The van der Waals surface area contributed by atoms with Crippen LogP contribution in [0.2, 0.25) is 0 Å². The Balaban J connectivity index is 2.90. The van der Waals surface area contributed by atoms with E-state index in [1.54, 1.807) is 0 Å². The third-order valence-electron chi connectivity index (χ3n) is 2.49. The topological polar surface area (TPSA) is 3.24 Å². The first kappa shape index (κ1) is 13.9. The Morgan fingerprint density at radius 3 is 2.25 bits per heavy atom. The molecule has 1 aromatic carbocycles. The molecule has 0 unspecified atom stereocenters. The Bertz CT molecular complexity index is 322. The van der Waals surface area contributed by atoms with Crippen molar-refractivity contribution in [1.29, 1.82) is 0 Å². The summed E-state index contributed by atoms with van der Waals surface area (Å²) in [6, 6.07) is 6.37. The van der Waals surface area contributed by atoms with Gasteiger partial charge < -0.3 is 4.90 Å². The molecule has 0 spiro atoms. The maximum atomic E-state index is 5.82. The maximum Gasteiger partial charge on any atom is 0.0510 e. The third-order valence-corrected chi connectivity index (χ3v) is 3.44. The lowest BCUT2D eigenvalue weighted by molar-refractivity contribution is 0.743. The average Bonchev–Trinajstić information content (AvgIpc) is 2.29. The molecule has 0 aliphatic heterocycles. The minimum absolute atomic E-state index is 0.570. The molecule has 16 heavy (non-hydrogen) atoms. The molecule has 0 saturated carbocycles. The minimum Gasteiger partial charge on any atom is -0.371 e. The van der Waals surface area contributed by atoms with Crippen molar-refractivity contribution in [3.05, 3.63) is 28.2 Å². The number of benzene rings is 1. The molecule has 0 aliphatic carbocycles. The fraction of sp³-hybridized carbons (Fsp3) is 0.538. The van der Waals surface area contributed by atoms with E-state index in [1.807, 2.05) is 0 Å². The molecular weight excluding hydrogens is 286 g/mol. The van der Waals surface area contributed by atoms with Crippen LogP contribution in [-0.4, -0.2) is 13.1 Å². The lowest BCUT2D eigenvalue weighted by Crippen LogP contribution is -2.25. The van der Waals surface area contributed by atoms with Crippen LogP contribution in [0, 0.1) is 0 Å². The van der Waals surface area contributed by atoms with Gasteiger partial charge in [-0.1, -0.05) is 19.9 Å². The first-order valence-corrected chi connectivity index (χ1v) is 7.15. The van der Waals surface area contributed by atoms with Crippen LogP contribution >= 0.6 is 27.5 Å². The molecule has 0 atom stereocenters. The van der Waals surface area contributed by atoms with Crippen molar-refractivity contribution in [1.82, 2.24) is 0 Å². The lowest BCUT2D eigenvalue weighted by Gasteiger charge is -2.25. The molecule has 0 heterocycles. The molecule has 0 N–H and O–H groups in total. The van der Waals surface area contributed by atoms with Crippen molar-refractivity contribution in [3.8, 4) is 0 Å². The molecule has 0 amide bonds. The van der Waals surface area contributed by atoms with Gasteiger partial charge in [0.15, 0.2) is 0 Å². The van der Waals surface area contributed by atoms with Gasteiger partial charge in [-0.3, -0.25) is 0 Å². The number of anilines is 1. The van der Waals surface area contributed by atoms with Crippen LogP contribution in [0.15, 0.2) is 22.7 Å². The Morgan fingerprint density at radius 2 is 1.81 bits per heavy atom. The standard InChI is InChI=1S/C13H19BrClN/c1-3-7-16(8-4-2)13-6-5-11(10-15)9-12(13)14/h5-6,9H,3-4,7-8,10H2,1-2H3. The number of halogens is 2. The molecule has 0 bridgehead atoms. The quantitative estimate of drug-likeness (QED) is 0.681. The zero-order chi connectivity index (χ0) is 12.0. The van der Waals surface area contributed by atoms with Gasteiger partial charge in [0.05, 0.1) is 5.69 Å². The summed E-state index contributed by atoms with van der Waals surface area (Å²) in [5.74, 6) is 0.570. The normalized spacial score (nSPS) is 10.5. The highest BCUT2D eigenvalue weighted by Gasteiger charge is 2.08. The van der Waals surface area contributed by atoms with Crippen molar-refractivity contribution in [2.24, 2.45) is 0 Å². The van der Waals surface area contributed by atoms with Crippen molar-refractivity contribution >= 4 is 33.2 Å². The average molecular weight is 305 g/mol. The van der Waals surface area contributed by atoms with Crippen molar-refractivity contribution in [2.45, 2.75) is 32.6 Å². The molecule has 1 aromatic rings. The molecule has 0 fully saturated rings. The van der Waals surface area contributed by atoms with Gasteiger partial charge in [0, 0.05) is 23.4 Å². The Labute approximate surface area is 112 Å². The van der Waals surface area contributed by atoms with Gasteiger partial charge in [-0.25, -0.2) is 0 Å². The van der Waals surface area contributed by atoms with E-state index in [0.29, 0.717) is 5.88 Å². The van der Waals surface area contributed by atoms with Gasteiger partial charge >= 0.3 is 0 Å². The SMILES string of the molecule is CCCN(CCC)c1ccc(CCl)cc1Br. The van der Waals surface area contributed by atoms with E-state index in [2.05, 4.69) is 52.9 Å². The van der Waals surface area contributed by atoms with Crippen LogP contribution < -0.4 is 4.90 Å². The van der Waals surface area contributed by atoms with Gasteiger partial charge in [0.25, 0.3) is 0 Å². The fourth-order valence-electron chi connectivity index (χ4n) is 1.78. The van der Waals surface area contributed by atoms with Crippen LogP contribution in [0.1, 0.15) is 32.3 Å². The molecule has 90 valence electrons. The zero-order valence-electron chi connectivity index (χ0n) is 9.97. The van der Waals surface area contributed by atoms with Crippen LogP contribution in [0.3, 0.4) is 0 Å². The summed E-state index contributed by atoms with van der Waals surface area (Å²) in [5.41, 5.74) is 2.43. The van der Waals surface area contributed by atoms with E-state index >= 15 is 0 Å². The first-order chi connectivity index (χ1) is 7.72. The minimum atomic E-state index is 0.570. The van der Waals surface area contributed by atoms with E-state index in [4.69, 9.17) is 11.6 Å². The van der Waals surface area contributed by atoms with E-state index in [9.17, 15) is 0 Å². The number of alkyl halides is 1. The number of nitrogens with zero attached hydrogens (tertiary/aromatic N) is 1. The van der Waals surface area contributed by atoms with Gasteiger partial charge in [-0.2, -0.15) is 0 Å². The predicted octanol–water partition coefficient (Wildman–Crippen LogP) is 4.81. The Hall–Kier alpha value is -0.210. The number of rotatable bonds is 6. The van der Waals surface area contributed by atoms with Gasteiger partial charge in [-0.05, 0) is 46.5 Å². The molecule has 3 heteroatoms. The van der Waals surface area contributed by atoms with Crippen LogP contribution in [0.5, 0.6) is 0 Å². The molecule has 0 radical (unpaired) electrons. The zero-order valence-corrected chi connectivity index (χ0v) is 12.3. The molecule has 1 rings (SSSR count). The molecule has 0 aromatic heterocycles. The second kappa shape index (κ2) is 7.18. The second-order valence-corrected chi connectivity index (χ2v) is 5.03. The number of hydrogen-bond donors (Lipinski definition) is 0. The predicted molar refractivity (Wildman–Crippen MR) is 76.5 cm³/mol. The summed E-state index contributed by atoms with van der Waals surface area (Å²) >= 11 is 9.45. The monoisotopic (exact) mass is 303 g/mol. The second-order valence-electron chi connectivity index (χ2n) is 3.91. The van der Waals surface area contributed by atoms with E-state index in [0.717, 1.165) is 23.1 Å². The summed E-state index contributed by atoms with van der Waals surface area (Å²) in [6.45, 7) is 6.63. The highest BCUT2D eigenvalue weighted by atomic mass is 79.9.